The standard InChI is InChI=1S/C16H19N/c1-3-17(4-2)16-12-10-15(11-13-16)14-8-6-5-7-9-14/h5-13H,3-4H2,1-2H3. The highest BCUT2D eigenvalue weighted by Gasteiger charge is 2.01. The van der Waals surface area contributed by atoms with E-state index < -0.39 is 0 Å². The van der Waals surface area contributed by atoms with Crippen LogP contribution < -0.4 is 4.90 Å². The second-order valence-corrected chi connectivity index (χ2v) is 4.09. The lowest BCUT2D eigenvalue weighted by atomic mass is 10.1. The smallest absolute Gasteiger partial charge is 0.0366 e. The molecule has 0 radical (unpaired) electrons. The number of hydrogen-bond donors (Lipinski definition) is 0. The van der Waals surface area contributed by atoms with E-state index in [1.165, 1.54) is 16.8 Å². The Morgan fingerprint density at radius 3 is 1.76 bits per heavy atom. The van der Waals surface area contributed by atoms with Crippen molar-refractivity contribution in [2.24, 2.45) is 0 Å². The van der Waals surface area contributed by atoms with Crippen LogP contribution in [0.3, 0.4) is 0 Å². The second kappa shape index (κ2) is 5.53. The van der Waals surface area contributed by atoms with Crippen LogP contribution in [-0.2, 0) is 0 Å². The molecule has 0 aliphatic heterocycles. The topological polar surface area (TPSA) is 3.24 Å². The van der Waals surface area contributed by atoms with Gasteiger partial charge in [-0.2, -0.15) is 0 Å². The predicted molar refractivity (Wildman–Crippen MR) is 75.4 cm³/mol. The minimum Gasteiger partial charge on any atom is -0.372 e. The Kier molecular flexibility index (Phi) is 3.81. The first-order chi connectivity index (χ1) is 8.35. The minimum absolute atomic E-state index is 1.06. The molecule has 1 heteroatoms. The minimum atomic E-state index is 1.06. The van der Waals surface area contributed by atoms with E-state index in [1.807, 2.05) is 6.07 Å². The molecule has 2 aromatic rings. The maximum Gasteiger partial charge on any atom is 0.0366 e. The van der Waals surface area contributed by atoms with E-state index in [4.69, 9.17) is 0 Å². The third-order valence-corrected chi connectivity index (χ3v) is 3.10. The number of nitrogens with zero attached hydrogens (tertiary/aromatic N) is 1. The average molecular weight is 225 g/mol. The van der Waals surface area contributed by atoms with Gasteiger partial charge in [-0.25, -0.2) is 0 Å². The van der Waals surface area contributed by atoms with Crippen molar-refractivity contribution in [2.75, 3.05) is 18.0 Å². The van der Waals surface area contributed by atoms with Crippen molar-refractivity contribution >= 4 is 5.69 Å². The fraction of sp³-hybridized carbons (Fsp3) is 0.250. The first-order valence-corrected chi connectivity index (χ1v) is 6.25. The van der Waals surface area contributed by atoms with Crippen LogP contribution in [0.5, 0.6) is 0 Å². The third-order valence-electron chi connectivity index (χ3n) is 3.10. The molecule has 0 N–H and O–H groups in total. The van der Waals surface area contributed by atoms with Crippen LogP contribution >= 0.6 is 0 Å². The lowest BCUT2D eigenvalue weighted by Crippen LogP contribution is -2.21. The van der Waals surface area contributed by atoms with E-state index in [-0.39, 0.29) is 0 Å². The molecule has 0 bridgehead atoms. The molecule has 0 amide bonds. The van der Waals surface area contributed by atoms with Gasteiger partial charge < -0.3 is 4.90 Å². The zero-order valence-corrected chi connectivity index (χ0v) is 10.6. The molecule has 0 saturated heterocycles. The molecule has 0 saturated carbocycles. The van der Waals surface area contributed by atoms with Crippen molar-refractivity contribution in [2.45, 2.75) is 13.8 Å². The zero-order valence-electron chi connectivity index (χ0n) is 10.6. The molecule has 0 unspecified atom stereocenters. The van der Waals surface area contributed by atoms with Crippen molar-refractivity contribution in [3.05, 3.63) is 54.6 Å². The van der Waals surface area contributed by atoms with E-state index in [0.717, 1.165) is 13.1 Å². The highest BCUT2D eigenvalue weighted by molar-refractivity contribution is 5.66. The van der Waals surface area contributed by atoms with Gasteiger partial charge in [0.1, 0.15) is 0 Å². The predicted octanol–water partition coefficient (Wildman–Crippen LogP) is 4.20. The molecular formula is C16H19N. The highest BCUT2D eigenvalue weighted by atomic mass is 15.1. The molecule has 0 aromatic heterocycles. The van der Waals surface area contributed by atoms with Crippen LogP contribution in [0, 0.1) is 0 Å². The van der Waals surface area contributed by atoms with Crippen LogP contribution in [0.15, 0.2) is 54.6 Å². The Morgan fingerprint density at radius 2 is 1.24 bits per heavy atom. The molecule has 0 fully saturated rings. The monoisotopic (exact) mass is 225 g/mol. The van der Waals surface area contributed by atoms with Gasteiger partial charge in [0.15, 0.2) is 0 Å². The van der Waals surface area contributed by atoms with Gasteiger partial charge in [0.2, 0.25) is 0 Å². The first-order valence-electron chi connectivity index (χ1n) is 6.25. The highest BCUT2D eigenvalue weighted by Crippen LogP contribution is 2.22. The summed E-state index contributed by atoms with van der Waals surface area (Å²) in [5, 5.41) is 0. The molecular weight excluding hydrogens is 206 g/mol. The Bertz CT molecular complexity index is 441. The summed E-state index contributed by atoms with van der Waals surface area (Å²) in [5.74, 6) is 0. The summed E-state index contributed by atoms with van der Waals surface area (Å²) in [6.45, 7) is 6.49. The molecule has 17 heavy (non-hydrogen) atoms. The van der Waals surface area contributed by atoms with Gasteiger partial charge in [-0.3, -0.25) is 0 Å². The summed E-state index contributed by atoms with van der Waals surface area (Å²) in [6.07, 6.45) is 0. The number of anilines is 1. The van der Waals surface area contributed by atoms with Crippen LogP contribution in [-0.4, -0.2) is 13.1 Å². The van der Waals surface area contributed by atoms with Crippen molar-refractivity contribution in [3.8, 4) is 11.1 Å². The summed E-state index contributed by atoms with van der Waals surface area (Å²) >= 11 is 0. The molecule has 0 heterocycles. The Morgan fingerprint density at radius 1 is 0.706 bits per heavy atom. The van der Waals surface area contributed by atoms with E-state index in [0.29, 0.717) is 0 Å². The summed E-state index contributed by atoms with van der Waals surface area (Å²) in [6, 6.07) is 19.3. The van der Waals surface area contributed by atoms with Gasteiger partial charge in [0.05, 0.1) is 0 Å². The van der Waals surface area contributed by atoms with Gasteiger partial charge in [-0.05, 0) is 37.1 Å². The van der Waals surface area contributed by atoms with Crippen molar-refractivity contribution in [1.82, 2.24) is 0 Å². The quantitative estimate of drug-likeness (QED) is 0.753. The number of hydrogen-bond acceptors (Lipinski definition) is 1. The lowest BCUT2D eigenvalue weighted by molar-refractivity contribution is 0.866. The maximum absolute atomic E-state index is 2.36. The third kappa shape index (κ3) is 2.68. The summed E-state index contributed by atoms with van der Waals surface area (Å²) in [7, 11) is 0. The van der Waals surface area contributed by atoms with Crippen LogP contribution in [0.4, 0.5) is 5.69 Å². The summed E-state index contributed by atoms with van der Waals surface area (Å²) < 4.78 is 0. The zero-order chi connectivity index (χ0) is 12.1. The van der Waals surface area contributed by atoms with Crippen molar-refractivity contribution < 1.29 is 0 Å². The second-order valence-electron chi connectivity index (χ2n) is 4.09. The largest absolute Gasteiger partial charge is 0.372 e. The molecule has 1 nitrogen and oxygen atoms in total. The van der Waals surface area contributed by atoms with Crippen LogP contribution in [0.2, 0.25) is 0 Å². The fourth-order valence-electron chi connectivity index (χ4n) is 2.08. The van der Waals surface area contributed by atoms with Gasteiger partial charge in [-0.15, -0.1) is 0 Å². The van der Waals surface area contributed by atoms with Gasteiger partial charge in [-0.1, -0.05) is 42.5 Å². The molecule has 0 spiro atoms. The molecule has 2 rings (SSSR count). The van der Waals surface area contributed by atoms with Gasteiger partial charge in [0.25, 0.3) is 0 Å². The SMILES string of the molecule is CCN(CC)c1ccc(-c2ccccc2)cc1. The molecule has 2 aromatic carbocycles. The molecule has 88 valence electrons. The van der Waals surface area contributed by atoms with E-state index in [9.17, 15) is 0 Å². The molecule has 0 aliphatic carbocycles. The Balaban J connectivity index is 2.24. The number of rotatable bonds is 4. The van der Waals surface area contributed by atoms with Crippen LogP contribution in [0.1, 0.15) is 13.8 Å². The molecule has 0 atom stereocenters. The van der Waals surface area contributed by atoms with E-state index >= 15 is 0 Å². The van der Waals surface area contributed by atoms with Crippen LogP contribution in [0.25, 0.3) is 11.1 Å². The lowest BCUT2D eigenvalue weighted by Gasteiger charge is -2.21. The van der Waals surface area contributed by atoms with E-state index in [2.05, 4.69) is 67.3 Å². The average Bonchev–Trinajstić information content (AvgIpc) is 2.42. The van der Waals surface area contributed by atoms with E-state index in [1.54, 1.807) is 0 Å². The Labute approximate surface area is 104 Å². The van der Waals surface area contributed by atoms with Gasteiger partial charge >= 0.3 is 0 Å². The maximum atomic E-state index is 2.36. The first kappa shape index (κ1) is 11.7. The number of benzene rings is 2. The van der Waals surface area contributed by atoms with Gasteiger partial charge in [0, 0.05) is 18.8 Å². The fourth-order valence-corrected chi connectivity index (χ4v) is 2.08. The molecule has 0 aliphatic rings. The Hall–Kier alpha value is -1.76. The van der Waals surface area contributed by atoms with Crippen molar-refractivity contribution in [1.29, 1.82) is 0 Å². The summed E-state index contributed by atoms with van der Waals surface area (Å²) in [4.78, 5) is 2.36. The summed E-state index contributed by atoms with van der Waals surface area (Å²) in [5.41, 5.74) is 3.86. The normalized spacial score (nSPS) is 10.2. The van der Waals surface area contributed by atoms with Crippen molar-refractivity contribution in [3.63, 3.8) is 0 Å².